The second-order valence-corrected chi connectivity index (χ2v) is 8.35. The van der Waals surface area contributed by atoms with Gasteiger partial charge in [-0.3, -0.25) is 9.78 Å². The van der Waals surface area contributed by atoms with E-state index in [2.05, 4.69) is 10.3 Å². The summed E-state index contributed by atoms with van der Waals surface area (Å²) in [4.78, 5) is 15.3. The van der Waals surface area contributed by atoms with Crippen molar-refractivity contribution >= 4 is 32.8 Å². The van der Waals surface area contributed by atoms with Crippen molar-refractivity contribution < 1.29 is 26.7 Å². The number of aromatic nitrogens is 1. The second-order valence-electron chi connectivity index (χ2n) is 5.55. The van der Waals surface area contributed by atoms with Gasteiger partial charge in [0.05, 0.1) is 4.90 Å². The van der Waals surface area contributed by atoms with Gasteiger partial charge in [-0.25, -0.2) is 8.42 Å². The zero-order valence-corrected chi connectivity index (χ0v) is 15.8. The fourth-order valence-electron chi connectivity index (χ4n) is 2.26. The van der Waals surface area contributed by atoms with Gasteiger partial charge in [-0.05, 0) is 41.8 Å². The van der Waals surface area contributed by atoms with Gasteiger partial charge in [-0.2, -0.15) is 8.78 Å². The first-order valence-corrected chi connectivity index (χ1v) is 10.3. The first-order valence-electron chi connectivity index (χ1n) is 7.90. The molecule has 3 aromatic rings. The van der Waals surface area contributed by atoms with Crippen molar-refractivity contribution in [2.24, 2.45) is 0 Å². The fraction of sp³-hybridized carbons (Fsp3) is 0.111. The summed E-state index contributed by atoms with van der Waals surface area (Å²) in [5, 5.41) is 3.77. The Hall–Kier alpha value is -2.85. The Morgan fingerprint density at radius 3 is 2.57 bits per heavy atom. The number of amides is 1. The maximum absolute atomic E-state index is 12.8. The van der Waals surface area contributed by atoms with Gasteiger partial charge in [0.1, 0.15) is 17.2 Å². The highest BCUT2D eigenvalue weighted by molar-refractivity contribution is 7.92. The minimum Gasteiger partial charge on any atom is -0.489 e. The molecule has 0 aliphatic carbocycles. The Bertz CT molecular complexity index is 1050. The summed E-state index contributed by atoms with van der Waals surface area (Å²) < 4.78 is 54.4. The summed E-state index contributed by atoms with van der Waals surface area (Å²) in [7, 11) is -4.85. The SMILES string of the molecule is O=C(Nc1ccc(OCc2cccnc2)cc1)c1sccc1S(=O)(=O)C(F)F. The van der Waals surface area contributed by atoms with Crippen LogP contribution in [0, 0.1) is 0 Å². The summed E-state index contributed by atoms with van der Waals surface area (Å²) in [6, 6.07) is 11.0. The number of carbonyl (C=O) groups excluding carboxylic acids is 1. The molecule has 1 N–H and O–H groups in total. The number of ether oxygens (including phenoxy) is 1. The highest BCUT2D eigenvalue weighted by Crippen LogP contribution is 2.28. The number of rotatable bonds is 7. The molecule has 0 saturated carbocycles. The zero-order chi connectivity index (χ0) is 20.1. The van der Waals surface area contributed by atoms with Crippen LogP contribution in [0.25, 0.3) is 0 Å². The molecule has 0 aliphatic rings. The van der Waals surface area contributed by atoms with Gasteiger partial charge in [0, 0.05) is 23.6 Å². The summed E-state index contributed by atoms with van der Waals surface area (Å²) in [5.74, 6) is -3.82. The summed E-state index contributed by atoms with van der Waals surface area (Å²) >= 11 is 0.775. The van der Waals surface area contributed by atoms with E-state index in [1.165, 1.54) is 5.38 Å². The summed E-state index contributed by atoms with van der Waals surface area (Å²) in [5.41, 5.74) is 1.26. The second kappa shape index (κ2) is 8.44. The molecule has 0 saturated heterocycles. The molecule has 10 heteroatoms. The lowest BCUT2D eigenvalue weighted by Gasteiger charge is -2.09. The van der Waals surface area contributed by atoms with E-state index in [0.717, 1.165) is 23.0 Å². The predicted octanol–water partition coefficient (Wildman–Crippen LogP) is 3.97. The van der Waals surface area contributed by atoms with Gasteiger partial charge in [0.25, 0.3) is 5.91 Å². The highest BCUT2D eigenvalue weighted by atomic mass is 32.2. The third kappa shape index (κ3) is 4.52. The molecule has 3 rings (SSSR count). The Morgan fingerprint density at radius 2 is 1.93 bits per heavy atom. The fourth-order valence-corrected chi connectivity index (χ4v) is 4.32. The van der Waals surface area contributed by atoms with Crippen molar-refractivity contribution in [1.29, 1.82) is 0 Å². The molecule has 2 aromatic heterocycles. The summed E-state index contributed by atoms with van der Waals surface area (Å²) in [6.07, 6.45) is 3.34. The van der Waals surface area contributed by atoms with E-state index in [4.69, 9.17) is 4.74 Å². The van der Waals surface area contributed by atoms with Crippen LogP contribution >= 0.6 is 11.3 Å². The van der Waals surface area contributed by atoms with E-state index in [9.17, 15) is 22.0 Å². The van der Waals surface area contributed by atoms with Crippen LogP contribution < -0.4 is 10.1 Å². The van der Waals surface area contributed by atoms with Crippen molar-refractivity contribution in [3.8, 4) is 5.75 Å². The van der Waals surface area contributed by atoms with Gasteiger partial charge >= 0.3 is 5.76 Å². The van der Waals surface area contributed by atoms with Crippen LogP contribution in [0.3, 0.4) is 0 Å². The Labute approximate surface area is 163 Å². The minimum atomic E-state index is -4.85. The molecule has 146 valence electrons. The highest BCUT2D eigenvalue weighted by Gasteiger charge is 2.32. The number of thiophene rings is 1. The minimum absolute atomic E-state index is 0.294. The van der Waals surface area contributed by atoms with E-state index in [-0.39, 0.29) is 4.88 Å². The number of carbonyl (C=O) groups is 1. The Balaban J connectivity index is 1.66. The van der Waals surface area contributed by atoms with Crippen molar-refractivity contribution in [2.45, 2.75) is 17.3 Å². The molecule has 0 bridgehead atoms. The molecule has 1 aromatic carbocycles. The number of halogens is 2. The number of nitrogens with one attached hydrogen (secondary N) is 1. The van der Waals surface area contributed by atoms with Crippen LogP contribution in [0.1, 0.15) is 15.2 Å². The van der Waals surface area contributed by atoms with Gasteiger partial charge in [0.2, 0.25) is 9.84 Å². The third-order valence-corrected chi connectivity index (χ3v) is 6.08. The van der Waals surface area contributed by atoms with Crippen molar-refractivity contribution in [3.05, 3.63) is 70.7 Å². The van der Waals surface area contributed by atoms with Crippen LogP contribution in [-0.2, 0) is 16.4 Å². The molecule has 2 heterocycles. The molecule has 0 atom stereocenters. The van der Waals surface area contributed by atoms with E-state index >= 15 is 0 Å². The van der Waals surface area contributed by atoms with Gasteiger partial charge in [0.15, 0.2) is 0 Å². The van der Waals surface area contributed by atoms with E-state index in [0.29, 0.717) is 18.0 Å². The quantitative estimate of drug-likeness (QED) is 0.620. The Morgan fingerprint density at radius 1 is 1.18 bits per heavy atom. The lowest BCUT2D eigenvalue weighted by atomic mass is 10.3. The number of pyridine rings is 1. The van der Waals surface area contributed by atoms with E-state index in [1.807, 2.05) is 6.07 Å². The number of alkyl halides is 2. The molecular weight excluding hydrogens is 410 g/mol. The molecule has 0 unspecified atom stereocenters. The lowest BCUT2D eigenvalue weighted by Crippen LogP contribution is -2.17. The van der Waals surface area contributed by atoms with Crippen LogP contribution in [-0.4, -0.2) is 25.1 Å². The molecule has 0 radical (unpaired) electrons. The Kier molecular flexibility index (Phi) is 6.00. The number of anilines is 1. The molecule has 6 nitrogen and oxygen atoms in total. The molecule has 1 amide bonds. The first-order chi connectivity index (χ1) is 13.4. The molecular formula is C18H14F2N2O4S2. The van der Waals surface area contributed by atoms with E-state index in [1.54, 1.807) is 42.7 Å². The largest absolute Gasteiger partial charge is 0.489 e. The standard InChI is InChI=1S/C18H14F2N2O4S2/c19-18(20)28(24,25)15-7-9-27-16(15)17(23)22-13-3-5-14(6-4-13)26-11-12-2-1-8-21-10-12/h1-10,18H,11H2,(H,22,23). The maximum atomic E-state index is 12.8. The van der Waals surface area contributed by atoms with Gasteiger partial charge in [-0.15, -0.1) is 11.3 Å². The van der Waals surface area contributed by atoms with E-state index < -0.39 is 26.4 Å². The average Bonchev–Trinajstić information content (AvgIpc) is 3.19. The third-order valence-electron chi connectivity index (χ3n) is 3.62. The number of hydrogen-bond donors (Lipinski definition) is 1. The molecule has 0 aliphatic heterocycles. The van der Waals surface area contributed by atoms with Crippen molar-refractivity contribution in [1.82, 2.24) is 4.98 Å². The van der Waals surface area contributed by atoms with Crippen molar-refractivity contribution in [3.63, 3.8) is 0 Å². The van der Waals surface area contributed by atoms with Crippen LogP contribution in [0.2, 0.25) is 0 Å². The topological polar surface area (TPSA) is 85.4 Å². The van der Waals surface area contributed by atoms with Crippen molar-refractivity contribution in [2.75, 3.05) is 5.32 Å². The lowest BCUT2D eigenvalue weighted by molar-refractivity contribution is 0.102. The number of benzene rings is 1. The average molecular weight is 424 g/mol. The molecule has 28 heavy (non-hydrogen) atoms. The zero-order valence-electron chi connectivity index (χ0n) is 14.2. The summed E-state index contributed by atoms with van der Waals surface area (Å²) in [6.45, 7) is 0.323. The number of sulfone groups is 1. The smallest absolute Gasteiger partial charge is 0.341 e. The number of hydrogen-bond acceptors (Lipinski definition) is 6. The van der Waals surface area contributed by atoms with Gasteiger partial charge in [-0.1, -0.05) is 6.07 Å². The number of nitrogens with zero attached hydrogens (tertiary/aromatic N) is 1. The first kappa shape index (κ1) is 19.9. The molecule has 0 spiro atoms. The molecule has 0 fully saturated rings. The maximum Gasteiger partial charge on any atom is 0.341 e. The van der Waals surface area contributed by atoms with Gasteiger partial charge < -0.3 is 10.1 Å². The normalized spacial score (nSPS) is 11.4. The monoisotopic (exact) mass is 424 g/mol. The van der Waals surface area contributed by atoms with Crippen LogP contribution in [0.4, 0.5) is 14.5 Å². The predicted molar refractivity (Wildman–Crippen MR) is 100 cm³/mol. The van der Waals surface area contributed by atoms with Crippen LogP contribution in [0.5, 0.6) is 5.75 Å². The van der Waals surface area contributed by atoms with Crippen LogP contribution in [0.15, 0.2) is 65.1 Å².